The van der Waals surface area contributed by atoms with Gasteiger partial charge < -0.3 is 20.7 Å². The van der Waals surface area contributed by atoms with Gasteiger partial charge in [0.05, 0.1) is 5.69 Å². The average Bonchev–Trinajstić information content (AvgIpc) is 3.07. The molecule has 0 aliphatic heterocycles. The molecule has 1 unspecified atom stereocenters. The quantitative estimate of drug-likeness (QED) is 0.144. The molecule has 234 valence electrons. The van der Waals surface area contributed by atoms with Gasteiger partial charge in [0.1, 0.15) is 11.6 Å². The Hall–Kier alpha value is -4.98. The lowest BCUT2D eigenvalue weighted by Gasteiger charge is -2.26. The van der Waals surface area contributed by atoms with Crippen LogP contribution in [0.25, 0.3) is 11.1 Å². The van der Waals surface area contributed by atoms with Gasteiger partial charge in [-0.25, -0.2) is 4.39 Å². The van der Waals surface area contributed by atoms with Crippen molar-refractivity contribution in [1.29, 1.82) is 0 Å². The van der Waals surface area contributed by atoms with Gasteiger partial charge in [0.25, 0.3) is 5.91 Å². The maximum absolute atomic E-state index is 14.1. The van der Waals surface area contributed by atoms with Gasteiger partial charge >= 0.3 is 0 Å². The summed E-state index contributed by atoms with van der Waals surface area (Å²) in [5.41, 5.74) is 10.4. The summed E-state index contributed by atoms with van der Waals surface area (Å²) in [6, 6.07) is 36.0. The topological polar surface area (TPSA) is 84.7 Å². The van der Waals surface area contributed by atoms with Crippen LogP contribution in [0.3, 0.4) is 0 Å². The van der Waals surface area contributed by atoms with Gasteiger partial charge in [-0.2, -0.15) is 0 Å². The third kappa shape index (κ3) is 8.38. The van der Waals surface area contributed by atoms with Crippen molar-refractivity contribution in [2.24, 2.45) is 5.73 Å². The first-order chi connectivity index (χ1) is 22.3. The molecule has 5 aromatic carbocycles. The number of hydrogen-bond donors (Lipinski definition) is 2. The van der Waals surface area contributed by atoms with Crippen LogP contribution < -0.4 is 20.7 Å². The number of nitrogens with zero attached hydrogens (tertiary/aromatic N) is 1. The average molecular weight is 636 g/mol. The Morgan fingerprint density at radius 2 is 1.59 bits per heavy atom. The number of halogens is 2. The van der Waals surface area contributed by atoms with E-state index in [1.54, 1.807) is 53.4 Å². The van der Waals surface area contributed by atoms with Crippen LogP contribution in [-0.4, -0.2) is 18.4 Å². The van der Waals surface area contributed by atoms with E-state index in [1.807, 2.05) is 73.7 Å². The second kappa shape index (κ2) is 15.3. The van der Waals surface area contributed by atoms with Crippen molar-refractivity contribution >= 4 is 29.1 Å². The highest BCUT2D eigenvalue weighted by molar-refractivity contribution is 6.30. The Bertz CT molecular complexity index is 1800. The van der Waals surface area contributed by atoms with Crippen LogP contribution >= 0.6 is 11.6 Å². The van der Waals surface area contributed by atoms with E-state index < -0.39 is 0 Å². The number of anilines is 1. The summed E-state index contributed by atoms with van der Waals surface area (Å²) in [5.74, 6) is 0.0451. The van der Waals surface area contributed by atoms with Gasteiger partial charge in [-0.1, -0.05) is 84.4 Å². The van der Waals surface area contributed by atoms with E-state index in [-0.39, 0.29) is 43.2 Å². The van der Waals surface area contributed by atoms with Crippen molar-refractivity contribution in [3.05, 3.63) is 149 Å². The maximum Gasteiger partial charge on any atom is 0.258 e. The third-order valence-corrected chi connectivity index (χ3v) is 7.76. The van der Waals surface area contributed by atoms with E-state index in [2.05, 4.69) is 5.32 Å². The fraction of sp³-hybridized carbons (Fsp3) is 0.158. The Morgan fingerprint density at radius 1 is 0.870 bits per heavy atom. The highest BCUT2D eigenvalue weighted by Crippen LogP contribution is 2.36. The van der Waals surface area contributed by atoms with Crippen LogP contribution in [0.1, 0.15) is 47.3 Å². The minimum absolute atomic E-state index is 0.0809. The number of hydrogen-bond acceptors (Lipinski definition) is 4. The first-order valence-electron chi connectivity index (χ1n) is 15.1. The minimum atomic E-state index is -0.375. The summed E-state index contributed by atoms with van der Waals surface area (Å²) < 4.78 is 20.3. The van der Waals surface area contributed by atoms with Gasteiger partial charge in [-0.15, -0.1) is 0 Å². The molecule has 5 aromatic rings. The van der Waals surface area contributed by atoms with E-state index in [9.17, 15) is 14.0 Å². The first-order valence-corrected chi connectivity index (χ1v) is 15.5. The highest BCUT2D eigenvalue weighted by atomic mass is 35.5. The molecule has 0 saturated heterocycles. The number of nitrogens with one attached hydrogen (secondary N) is 1. The zero-order chi connectivity index (χ0) is 32.5. The largest absolute Gasteiger partial charge is 0.455 e. The van der Waals surface area contributed by atoms with E-state index in [1.165, 1.54) is 6.07 Å². The highest BCUT2D eigenvalue weighted by Gasteiger charge is 2.23. The molecule has 8 heteroatoms. The molecule has 5 rings (SSSR count). The van der Waals surface area contributed by atoms with Crippen LogP contribution in [-0.2, 0) is 11.3 Å². The van der Waals surface area contributed by atoms with Crippen molar-refractivity contribution in [2.75, 3.05) is 11.4 Å². The smallest absolute Gasteiger partial charge is 0.258 e. The summed E-state index contributed by atoms with van der Waals surface area (Å²) in [7, 11) is 0. The fourth-order valence-corrected chi connectivity index (χ4v) is 5.19. The predicted octanol–water partition coefficient (Wildman–Crippen LogP) is 8.70. The molecule has 46 heavy (non-hydrogen) atoms. The number of benzene rings is 5. The molecule has 0 aromatic heterocycles. The maximum atomic E-state index is 14.1. The number of carbonyl (C=O) groups excluding carboxylic acids is 2. The normalized spacial score (nSPS) is 11.5. The second-order valence-electron chi connectivity index (χ2n) is 10.9. The van der Waals surface area contributed by atoms with E-state index >= 15 is 0 Å². The number of rotatable bonds is 12. The summed E-state index contributed by atoms with van der Waals surface area (Å²) in [4.78, 5) is 28.4. The zero-order valence-corrected chi connectivity index (χ0v) is 26.2. The van der Waals surface area contributed by atoms with Crippen LogP contribution in [0, 0.1) is 5.82 Å². The summed E-state index contributed by atoms with van der Waals surface area (Å²) in [6.45, 7) is 2.18. The molecular formula is C38H35ClFN3O3. The molecule has 1 atom stereocenters. The summed E-state index contributed by atoms with van der Waals surface area (Å²) in [6.07, 6.45) is 0.477. The molecule has 0 saturated carbocycles. The molecule has 0 spiro atoms. The SMILES string of the molecule is CC(N)c1cccc(Oc2cc(Cl)ccc2N(CCCC(=O)NCc2ccccc2F)C(=O)c2ccc(-c3ccccc3)cc2)c1. The van der Waals surface area contributed by atoms with Gasteiger partial charge in [0, 0.05) is 47.8 Å². The lowest BCUT2D eigenvalue weighted by molar-refractivity contribution is -0.121. The van der Waals surface area contributed by atoms with Gasteiger partial charge in [-0.3, -0.25) is 9.59 Å². The number of amides is 2. The third-order valence-electron chi connectivity index (χ3n) is 7.53. The summed E-state index contributed by atoms with van der Waals surface area (Å²) in [5, 5.41) is 3.21. The van der Waals surface area contributed by atoms with Gasteiger partial charge in [0.2, 0.25) is 5.91 Å². The Labute approximate surface area is 273 Å². The molecule has 0 fully saturated rings. The van der Waals surface area contributed by atoms with Crippen LogP contribution in [0.2, 0.25) is 5.02 Å². The Balaban J connectivity index is 1.39. The van der Waals surface area contributed by atoms with Crippen LogP contribution in [0.4, 0.5) is 10.1 Å². The van der Waals surface area contributed by atoms with E-state index in [0.717, 1.165) is 16.7 Å². The molecule has 6 nitrogen and oxygen atoms in total. The van der Waals surface area contributed by atoms with Crippen LogP contribution in [0.5, 0.6) is 11.5 Å². The molecule has 3 N–H and O–H groups in total. The predicted molar refractivity (Wildman–Crippen MR) is 182 cm³/mol. The number of ether oxygens (including phenoxy) is 1. The molecule has 2 amide bonds. The van der Waals surface area contributed by atoms with Crippen LogP contribution in [0.15, 0.2) is 121 Å². The molecule has 0 bridgehead atoms. The molecule has 0 aliphatic rings. The van der Waals surface area contributed by atoms with Crippen molar-refractivity contribution in [3.63, 3.8) is 0 Å². The number of nitrogens with two attached hydrogens (primary N) is 1. The first kappa shape index (κ1) is 32.4. The molecule has 0 heterocycles. The van der Waals surface area contributed by atoms with Crippen molar-refractivity contribution < 1.29 is 18.7 Å². The zero-order valence-electron chi connectivity index (χ0n) is 25.5. The molecule has 0 radical (unpaired) electrons. The Morgan fingerprint density at radius 3 is 2.33 bits per heavy atom. The van der Waals surface area contributed by atoms with E-state index in [4.69, 9.17) is 22.1 Å². The monoisotopic (exact) mass is 635 g/mol. The van der Waals surface area contributed by atoms with Gasteiger partial charge in [0.15, 0.2) is 5.75 Å². The van der Waals surface area contributed by atoms with Crippen molar-refractivity contribution in [1.82, 2.24) is 5.32 Å². The van der Waals surface area contributed by atoms with Gasteiger partial charge in [-0.05, 0) is 72.5 Å². The standard InChI is InChI=1S/C38H35ClFN3O3/c1-26(41)30-12-7-13-33(23-30)46-36-24-32(39)20-21-35(36)43(22-8-15-37(44)42-25-31-11-5-6-14-34(31)40)38(45)29-18-16-28(17-19-29)27-9-3-2-4-10-27/h2-7,9-14,16-21,23-24,26H,8,15,22,25,41H2,1H3,(H,42,44). The molecule has 0 aliphatic carbocycles. The summed E-state index contributed by atoms with van der Waals surface area (Å²) >= 11 is 6.40. The number of carbonyl (C=O) groups is 2. The molecular weight excluding hydrogens is 601 g/mol. The lowest BCUT2D eigenvalue weighted by Crippen LogP contribution is -2.33. The Kier molecular flexibility index (Phi) is 10.8. The van der Waals surface area contributed by atoms with Crippen molar-refractivity contribution in [2.45, 2.75) is 32.4 Å². The fourth-order valence-electron chi connectivity index (χ4n) is 5.03. The lowest BCUT2D eigenvalue weighted by atomic mass is 10.0. The van der Waals surface area contributed by atoms with Crippen molar-refractivity contribution in [3.8, 4) is 22.6 Å². The second-order valence-corrected chi connectivity index (χ2v) is 11.4. The van der Waals surface area contributed by atoms with E-state index in [0.29, 0.717) is 39.8 Å². The minimum Gasteiger partial charge on any atom is -0.455 e.